The van der Waals surface area contributed by atoms with Crippen LogP contribution in [0.4, 0.5) is 0 Å². The first-order valence-corrected chi connectivity index (χ1v) is 6.48. The number of ether oxygens (including phenoxy) is 1. The molecule has 0 saturated heterocycles. The summed E-state index contributed by atoms with van der Waals surface area (Å²) in [4.78, 5) is 11.4. The molecule has 0 heterocycles. The number of quaternary nitrogens is 1. The topological polar surface area (TPSA) is 26.3 Å². The van der Waals surface area contributed by atoms with Gasteiger partial charge in [0.2, 0.25) is 0 Å². The van der Waals surface area contributed by atoms with Crippen LogP contribution in [-0.4, -0.2) is 44.7 Å². The lowest BCUT2D eigenvalue weighted by Gasteiger charge is -2.23. The Morgan fingerprint density at radius 1 is 1.29 bits per heavy atom. The van der Waals surface area contributed by atoms with Gasteiger partial charge >= 0.3 is 5.97 Å². The maximum atomic E-state index is 11.8. The van der Waals surface area contributed by atoms with Gasteiger partial charge in [0.1, 0.15) is 18.0 Å². The largest absolute Gasteiger partial charge is 0.459 e. The maximum Gasteiger partial charge on any atom is 0.324 e. The van der Waals surface area contributed by atoms with E-state index in [9.17, 15) is 4.79 Å². The van der Waals surface area contributed by atoms with E-state index in [1.54, 1.807) is 0 Å². The molecule has 1 atom stereocenters. The summed E-state index contributed by atoms with van der Waals surface area (Å²) in [6.07, 6.45) is 0. The second kappa shape index (κ2) is 6.17. The summed E-state index contributed by atoms with van der Waals surface area (Å²) in [7, 11) is 6.20. The third kappa shape index (κ3) is 5.33. The molecule has 0 spiro atoms. The Kier molecular flexibility index (Phi) is 5.15. The van der Waals surface area contributed by atoms with Gasteiger partial charge in [-0.15, -0.1) is 0 Å². The van der Waals surface area contributed by atoms with Crippen molar-refractivity contribution in [1.82, 2.24) is 0 Å². The van der Waals surface area contributed by atoms with Crippen molar-refractivity contribution in [1.29, 1.82) is 0 Å². The summed E-state index contributed by atoms with van der Waals surface area (Å²) < 4.78 is 6.02. The monoisotopic (exact) mass is 300 g/mol. The number of esters is 1. The molecule has 1 rings (SSSR count). The molecule has 0 saturated carbocycles. The standard InChI is InChI=1S/C13H19BrNO2/c1-15(2,3)9-10-17-13(16)12(14)11-7-5-4-6-8-11/h4-8,12H,9-10H2,1-3H3/q+1. The summed E-state index contributed by atoms with van der Waals surface area (Å²) in [5.41, 5.74) is 0.919. The second-order valence-electron chi connectivity index (χ2n) is 4.95. The second-order valence-corrected chi connectivity index (χ2v) is 5.87. The molecule has 17 heavy (non-hydrogen) atoms. The summed E-state index contributed by atoms with van der Waals surface area (Å²) in [5, 5.41) is 0. The molecule has 3 nitrogen and oxygen atoms in total. The minimum atomic E-state index is -0.379. The fourth-order valence-electron chi connectivity index (χ4n) is 1.25. The van der Waals surface area contributed by atoms with Gasteiger partial charge in [-0.1, -0.05) is 46.3 Å². The van der Waals surface area contributed by atoms with E-state index in [4.69, 9.17) is 4.74 Å². The summed E-state index contributed by atoms with van der Waals surface area (Å²) in [6.45, 7) is 1.25. The highest BCUT2D eigenvalue weighted by Crippen LogP contribution is 2.23. The highest BCUT2D eigenvalue weighted by Gasteiger charge is 2.19. The Labute approximate surface area is 111 Å². The molecule has 0 amide bonds. The smallest absolute Gasteiger partial charge is 0.324 e. The van der Waals surface area contributed by atoms with Gasteiger partial charge in [0.05, 0.1) is 21.1 Å². The fraction of sp³-hybridized carbons (Fsp3) is 0.462. The Balaban J connectivity index is 2.43. The number of rotatable bonds is 5. The molecule has 0 aromatic heterocycles. The number of carbonyl (C=O) groups is 1. The molecular formula is C13H19BrNO2+. The van der Waals surface area contributed by atoms with E-state index in [0.717, 1.165) is 16.6 Å². The summed E-state index contributed by atoms with van der Waals surface area (Å²) in [5.74, 6) is -0.232. The number of hydrogen-bond donors (Lipinski definition) is 0. The molecule has 1 unspecified atom stereocenters. The number of hydrogen-bond acceptors (Lipinski definition) is 2. The van der Waals surface area contributed by atoms with Crippen molar-refractivity contribution in [3.63, 3.8) is 0 Å². The van der Waals surface area contributed by atoms with Crippen LogP contribution < -0.4 is 0 Å². The molecule has 0 aliphatic rings. The zero-order valence-corrected chi connectivity index (χ0v) is 12.1. The first-order valence-electron chi connectivity index (χ1n) is 5.56. The lowest BCUT2D eigenvalue weighted by molar-refractivity contribution is -0.870. The van der Waals surface area contributed by atoms with Gasteiger partial charge in [-0.25, -0.2) is 0 Å². The molecular weight excluding hydrogens is 282 g/mol. The van der Waals surface area contributed by atoms with E-state index >= 15 is 0 Å². The van der Waals surface area contributed by atoms with E-state index in [1.165, 1.54) is 0 Å². The van der Waals surface area contributed by atoms with Crippen LogP contribution in [0.2, 0.25) is 0 Å². The molecule has 1 aromatic rings. The third-order valence-corrected chi connectivity index (χ3v) is 3.21. The normalized spacial score (nSPS) is 13.2. The molecule has 0 aliphatic heterocycles. The van der Waals surface area contributed by atoms with Crippen LogP contribution >= 0.6 is 15.9 Å². The van der Waals surface area contributed by atoms with Crippen LogP contribution in [0.3, 0.4) is 0 Å². The van der Waals surface area contributed by atoms with Crippen LogP contribution in [0.15, 0.2) is 30.3 Å². The van der Waals surface area contributed by atoms with Crippen molar-refractivity contribution in [3.05, 3.63) is 35.9 Å². The zero-order valence-electron chi connectivity index (χ0n) is 10.5. The van der Waals surface area contributed by atoms with Crippen LogP contribution in [0, 0.1) is 0 Å². The lowest BCUT2D eigenvalue weighted by atomic mass is 10.1. The van der Waals surface area contributed by atoms with Crippen molar-refractivity contribution < 1.29 is 14.0 Å². The Morgan fingerprint density at radius 3 is 2.41 bits per heavy atom. The number of carbonyl (C=O) groups excluding carboxylic acids is 1. The van der Waals surface area contributed by atoms with Crippen molar-refractivity contribution >= 4 is 21.9 Å². The van der Waals surface area contributed by atoms with Gasteiger partial charge in [-0.3, -0.25) is 4.79 Å². The molecule has 4 heteroatoms. The minimum Gasteiger partial charge on any atom is -0.459 e. The summed E-state index contributed by atoms with van der Waals surface area (Å²) >= 11 is 3.35. The van der Waals surface area contributed by atoms with Crippen LogP contribution in [0.5, 0.6) is 0 Å². The molecule has 0 radical (unpaired) electrons. The van der Waals surface area contributed by atoms with Gasteiger partial charge in [-0.2, -0.15) is 0 Å². The number of likely N-dealkylation sites (N-methyl/N-ethyl adjacent to an activating group) is 1. The van der Waals surface area contributed by atoms with Crippen LogP contribution in [0.25, 0.3) is 0 Å². The predicted molar refractivity (Wildman–Crippen MR) is 72.0 cm³/mol. The highest BCUT2D eigenvalue weighted by molar-refractivity contribution is 9.09. The quantitative estimate of drug-likeness (QED) is 0.474. The number of alkyl halides is 1. The SMILES string of the molecule is C[N+](C)(C)CCOC(=O)C(Br)c1ccccc1. The van der Waals surface area contributed by atoms with E-state index in [1.807, 2.05) is 30.3 Å². The average molecular weight is 301 g/mol. The van der Waals surface area contributed by atoms with E-state index < -0.39 is 0 Å². The van der Waals surface area contributed by atoms with Crippen LogP contribution in [-0.2, 0) is 9.53 Å². The number of halogens is 1. The molecule has 0 aliphatic carbocycles. The molecule has 0 bridgehead atoms. The van der Waals surface area contributed by atoms with Gasteiger partial charge in [0.15, 0.2) is 0 Å². The molecule has 1 aromatic carbocycles. The Morgan fingerprint density at radius 2 is 1.88 bits per heavy atom. The minimum absolute atomic E-state index is 0.232. The van der Waals surface area contributed by atoms with Gasteiger partial charge in [0.25, 0.3) is 0 Å². The first-order chi connectivity index (χ1) is 7.90. The van der Waals surface area contributed by atoms with Gasteiger partial charge in [-0.05, 0) is 5.56 Å². The maximum absolute atomic E-state index is 11.8. The highest BCUT2D eigenvalue weighted by atomic mass is 79.9. The fourth-order valence-corrected chi connectivity index (χ4v) is 1.69. The Bertz CT molecular complexity index is 359. The lowest BCUT2D eigenvalue weighted by Crippen LogP contribution is -2.38. The van der Waals surface area contributed by atoms with Gasteiger partial charge in [0, 0.05) is 0 Å². The van der Waals surface area contributed by atoms with Crippen molar-refractivity contribution in [2.24, 2.45) is 0 Å². The Hall–Kier alpha value is -0.870. The average Bonchev–Trinajstić information content (AvgIpc) is 2.27. The van der Waals surface area contributed by atoms with Gasteiger partial charge < -0.3 is 9.22 Å². The number of nitrogens with zero attached hydrogens (tertiary/aromatic N) is 1. The zero-order chi connectivity index (χ0) is 12.9. The molecule has 94 valence electrons. The number of benzene rings is 1. The van der Waals surface area contributed by atoms with Crippen molar-refractivity contribution in [3.8, 4) is 0 Å². The molecule has 0 N–H and O–H groups in total. The van der Waals surface area contributed by atoms with Crippen molar-refractivity contribution in [2.75, 3.05) is 34.3 Å². The first kappa shape index (κ1) is 14.2. The third-order valence-electron chi connectivity index (χ3n) is 2.31. The van der Waals surface area contributed by atoms with E-state index in [2.05, 4.69) is 37.1 Å². The van der Waals surface area contributed by atoms with E-state index in [0.29, 0.717) is 6.61 Å². The van der Waals surface area contributed by atoms with Crippen LogP contribution in [0.1, 0.15) is 10.4 Å². The summed E-state index contributed by atoms with van der Waals surface area (Å²) in [6, 6.07) is 9.54. The molecule has 0 fully saturated rings. The predicted octanol–water partition coefficient (Wildman–Crippen LogP) is 2.37. The van der Waals surface area contributed by atoms with Crippen molar-refractivity contribution in [2.45, 2.75) is 4.83 Å². The van der Waals surface area contributed by atoms with E-state index in [-0.39, 0.29) is 10.8 Å².